The van der Waals surface area contributed by atoms with Crippen molar-refractivity contribution in [3.8, 4) is 0 Å². The Morgan fingerprint density at radius 3 is 2.48 bits per heavy atom. The molecule has 0 aromatic carbocycles. The maximum Gasteiger partial charge on any atom is 0.436 e. The number of aromatic nitrogens is 2. The van der Waals surface area contributed by atoms with E-state index >= 15 is 0 Å². The van der Waals surface area contributed by atoms with Gasteiger partial charge in [0.1, 0.15) is 10.6 Å². The van der Waals surface area contributed by atoms with Crippen LogP contribution >= 0.6 is 11.6 Å². The van der Waals surface area contributed by atoms with E-state index in [4.69, 9.17) is 16.7 Å². The number of carbonyl (C=O) groups is 1. The van der Waals surface area contributed by atoms with Crippen LogP contribution < -0.4 is 10.5 Å². The van der Waals surface area contributed by atoms with Crippen LogP contribution in [0.4, 0.5) is 23.2 Å². The summed E-state index contributed by atoms with van der Waals surface area (Å²) in [5.41, 5.74) is -3.05. The first kappa shape index (κ1) is 19.1. The smallest absolute Gasteiger partial charge is 0.344 e. The number of pyridine rings is 1. The maximum absolute atomic E-state index is 13.9. The number of alkyl halides is 3. The Labute approximate surface area is 143 Å². The summed E-state index contributed by atoms with van der Waals surface area (Å²) in [4.78, 5) is 14.5. The molecule has 1 amide bonds. The zero-order valence-electron chi connectivity index (χ0n) is 12.2. The van der Waals surface area contributed by atoms with E-state index in [2.05, 4.69) is 4.98 Å². The summed E-state index contributed by atoms with van der Waals surface area (Å²) in [6.45, 7) is 0. The molecule has 0 saturated carbocycles. The Morgan fingerprint density at radius 1 is 1.40 bits per heavy atom. The van der Waals surface area contributed by atoms with Gasteiger partial charge in [0.05, 0.1) is 10.7 Å². The average molecular weight is 401 g/mol. The first-order valence-electron chi connectivity index (χ1n) is 6.24. The lowest BCUT2D eigenvalue weighted by atomic mass is 10.2. The van der Waals surface area contributed by atoms with Crippen LogP contribution in [-0.2, 0) is 23.2 Å². The molecule has 0 unspecified atom stereocenters. The molecule has 0 fully saturated rings. The summed E-state index contributed by atoms with van der Waals surface area (Å²) < 4.78 is 75.5. The number of halogens is 5. The van der Waals surface area contributed by atoms with Gasteiger partial charge in [-0.05, 0) is 6.07 Å². The molecule has 0 aliphatic rings. The van der Waals surface area contributed by atoms with Gasteiger partial charge < -0.3 is 9.88 Å². The van der Waals surface area contributed by atoms with Crippen molar-refractivity contribution in [2.75, 3.05) is 5.32 Å². The number of amides is 1. The minimum atomic E-state index is -5.06. The number of nitrogens with two attached hydrogens (primary N) is 1. The van der Waals surface area contributed by atoms with Gasteiger partial charge in [0.15, 0.2) is 11.5 Å². The highest BCUT2D eigenvalue weighted by Gasteiger charge is 2.37. The van der Waals surface area contributed by atoms with Crippen molar-refractivity contribution in [2.45, 2.75) is 11.1 Å². The molecule has 2 aromatic rings. The third kappa shape index (κ3) is 3.75. The summed E-state index contributed by atoms with van der Waals surface area (Å²) in [7, 11) is -2.99. The van der Waals surface area contributed by atoms with Crippen LogP contribution in [0, 0.1) is 5.82 Å². The number of aryl methyl sites for hydroxylation is 1. The van der Waals surface area contributed by atoms with Crippen LogP contribution in [0.2, 0.25) is 5.02 Å². The summed E-state index contributed by atoms with van der Waals surface area (Å²) in [6, 6.07) is 0.805. The number of rotatable bonds is 3. The molecule has 2 rings (SSSR count). The van der Waals surface area contributed by atoms with Crippen molar-refractivity contribution in [2.24, 2.45) is 12.2 Å². The number of hydrogen-bond acceptors (Lipinski definition) is 4. The van der Waals surface area contributed by atoms with Gasteiger partial charge in [-0.15, -0.1) is 0 Å². The molecule has 2 aromatic heterocycles. The predicted octanol–water partition coefficient (Wildman–Crippen LogP) is 2.13. The standard InChI is InChI=1S/C12H9ClF4N4O3S/c1-21-4-6(25(18,23)24)7(13)9(21)11(22)20-5-2-3-19-10(8(5)14)12(15,16)17/h2-4H,1H3,(H2,18,23,24)(H,19,20,22). The Balaban J connectivity index is 2.45. The van der Waals surface area contributed by atoms with Crippen LogP contribution in [0.1, 0.15) is 16.2 Å². The summed E-state index contributed by atoms with van der Waals surface area (Å²) >= 11 is 5.79. The molecular formula is C12H9ClF4N4O3S. The van der Waals surface area contributed by atoms with Crippen molar-refractivity contribution in [1.82, 2.24) is 9.55 Å². The van der Waals surface area contributed by atoms with E-state index < -0.39 is 54.9 Å². The van der Waals surface area contributed by atoms with E-state index in [-0.39, 0.29) is 0 Å². The van der Waals surface area contributed by atoms with Crippen molar-refractivity contribution < 1.29 is 30.8 Å². The van der Waals surface area contributed by atoms with Crippen molar-refractivity contribution in [3.05, 3.63) is 40.7 Å². The van der Waals surface area contributed by atoms with E-state index in [1.807, 2.05) is 5.32 Å². The Hall–Kier alpha value is -2.18. The van der Waals surface area contributed by atoms with Crippen LogP contribution in [-0.4, -0.2) is 23.9 Å². The molecule has 2 heterocycles. The van der Waals surface area contributed by atoms with Gasteiger partial charge in [0.25, 0.3) is 5.91 Å². The zero-order valence-corrected chi connectivity index (χ0v) is 13.8. The van der Waals surface area contributed by atoms with Gasteiger partial charge in [0, 0.05) is 19.4 Å². The molecule has 136 valence electrons. The molecule has 0 aliphatic heterocycles. The van der Waals surface area contributed by atoms with Gasteiger partial charge in [0.2, 0.25) is 10.0 Å². The lowest BCUT2D eigenvalue weighted by Gasteiger charge is -2.11. The maximum atomic E-state index is 13.9. The third-order valence-electron chi connectivity index (χ3n) is 3.02. The minimum absolute atomic E-state index is 0.435. The molecule has 0 bridgehead atoms. The molecular weight excluding hydrogens is 392 g/mol. The zero-order chi connectivity index (χ0) is 19.2. The summed E-state index contributed by atoms with van der Waals surface area (Å²) in [5.74, 6) is -2.93. The minimum Gasteiger partial charge on any atom is -0.344 e. The van der Waals surface area contributed by atoms with Crippen LogP contribution in [0.5, 0.6) is 0 Å². The second kappa shape index (κ2) is 6.28. The number of nitrogens with one attached hydrogen (secondary N) is 1. The van der Waals surface area contributed by atoms with Gasteiger partial charge in [-0.1, -0.05) is 11.6 Å². The lowest BCUT2D eigenvalue weighted by Crippen LogP contribution is -2.19. The van der Waals surface area contributed by atoms with E-state index in [9.17, 15) is 30.8 Å². The molecule has 7 nitrogen and oxygen atoms in total. The molecule has 0 radical (unpaired) electrons. The van der Waals surface area contributed by atoms with Gasteiger partial charge in [-0.25, -0.2) is 22.9 Å². The summed E-state index contributed by atoms with van der Waals surface area (Å²) in [6.07, 6.45) is -3.46. The molecule has 0 saturated heterocycles. The molecule has 0 atom stereocenters. The fraction of sp³-hybridized carbons (Fsp3) is 0.167. The topological polar surface area (TPSA) is 107 Å². The normalized spacial score (nSPS) is 12.3. The van der Waals surface area contributed by atoms with Crippen molar-refractivity contribution >= 4 is 33.2 Å². The molecule has 13 heteroatoms. The number of anilines is 1. The van der Waals surface area contributed by atoms with E-state index in [1.54, 1.807) is 0 Å². The largest absolute Gasteiger partial charge is 0.436 e. The highest BCUT2D eigenvalue weighted by Crippen LogP contribution is 2.33. The predicted molar refractivity (Wildman–Crippen MR) is 78.9 cm³/mol. The van der Waals surface area contributed by atoms with Gasteiger partial charge in [-0.3, -0.25) is 4.79 Å². The van der Waals surface area contributed by atoms with E-state index in [1.165, 1.54) is 7.05 Å². The number of sulfonamides is 1. The second-order valence-electron chi connectivity index (χ2n) is 4.78. The fourth-order valence-corrected chi connectivity index (χ4v) is 3.19. The highest BCUT2D eigenvalue weighted by atomic mass is 35.5. The van der Waals surface area contributed by atoms with Crippen molar-refractivity contribution in [3.63, 3.8) is 0 Å². The quantitative estimate of drug-likeness (QED) is 0.769. The van der Waals surface area contributed by atoms with Gasteiger partial charge >= 0.3 is 6.18 Å². The lowest BCUT2D eigenvalue weighted by molar-refractivity contribution is -0.143. The highest BCUT2D eigenvalue weighted by molar-refractivity contribution is 7.89. The second-order valence-corrected chi connectivity index (χ2v) is 6.69. The van der Waals surface area contributed by atoms with E-state index in [0.717, 1.165) is 16.8 Å². The molecule has 0 aliphatic carbocycles. The first-order valence-corrected chi connectivity index (χ1v) is 8.17. The van der Waals surface area contributed by atoms with Crippen LogP contribution in [0.3, 0.4) is 0 Å². The summed E-state index contributed by atoms with van der Waals surface area (Å²) in [5, 5.41) is 6.28. The number of carbonyl (C=O) groups excluding carboxylic acids is 1. The Morgan fingerprint density at radius 2 is 2.00 bits per heavy atom. The number of hydrogen-bond donors (Lipinski definition) is 2. The van der Waals surface area contributed by atoms with E-state index in [0.29, 0.717) is 6.20 Å². The average Bonchev–Trinajstić information content (AvgIpc) is 2.75. The van der Waals surface area contributed by atoms with Gasteiger partial charge in [-0.2, -0.15) is 13.2 Å². The molecule has 3 N–H and O–H groups in total. The van der Waals surface area contributed by atoms with Crippen LogP contribution in [0.15, 0.2) is 23.4 Å². The first-order chi connectivity index (χ1) is 11.3. The Kier molecular flexibility index (Phi) is 4.81. The number of primary sulfonamides is 1. The Bertz CT molecular complexity index is 956. The number of nitrogens with zero attached hydrogens (tertiary/aromatic N) is 2. The fourth-order valence-electron chi connectivity index (χ4n) is 1.95. The molecule has 25 heavy (non-hydrogen) atoms. The van der Waals surface area contributed by atoms with Crippen LogP contribution in [0.25, 0.3) is 0 Å². The van der Waals surface area contributed by atoms with Crippen molar-refractivity contribution in [1.29, 1.82) is 0 Å². The monoisotopic (exact) mass is 400 g/mol. The SMILES string of the molecule is Cn1cc(S(N)(=O)=O)c(Cl)c1C(=O)Nc1ccnc(C(F)(F)F)c1F. The molecule has 0 spiro atoms. The third-order valence-corrected chi connectivity index (χ3v) is 4.43.